The predicted octanol–water partition coefficient (Wildman–Crippen LogP) is 3.93. The lowest BCUT2D eigenvalue weighted by molar-refractivity contribution is -0.137. The zero-order valence-corrected chi connectivity index (χ0v) is 12.7. The van der Waals surface area contributed by atoms with Gasteiger partial charge in [0, 0.05) is 6.08 Å². The van der Waals surface area contributed by atoms with Gasteiger partial charge in [-0.3, -0.25) is 0 Å². The Hall–Kier alpha value is -2.55. The van der Waals surface area contributed by atoms with Crippen molar-refractivity contribution < 1.29 is 14.3 Å². The van der Waals surface area contributed by atoms with Crippen LogP contribution in [0.1, 0.15) is 18.1 Å². The average molecular weight is 296 g/mol. The lowest BCUT2D eigenvalue weighted by Crippen LogP contribution is -1.99. The Bertz CT molecular complexity index is 600. The van der Waals surface area contributed by atoms with Crippen molar-refractivity contribution in [1.82, 2.24) is 0 Å². The second-order valence-corrected chi connectivity index (χ2v) is 4.78. The molecule has 0 unspecified atom stereocenters. The molecule has 0 aliphatic carbocycles. The Morgan fingerprint density at radius 1 is 1.00 bits per heavy atom. The number of ether oxygens (including phenoxy) is 2. The number of carbonyl (C=O) groups excluding carboxylic acids is 1. The van der Waals surface area contributed by atoms with Gasteiger partial charge in [0.1, 0.15) is 12.4 Å². The highest BCUT2D eigenvalue weighted by molar-refractivity contribution is 5.81. The van der Waals surface area contributed by atoms with Crippen LogP contribution in [0.4, 0.5) is 0 Å². The van der Waals surface area contributed by atoms with Gasteiger partial charge in [-0.1, -0.05) is 48.5 Å². The van der Waals surface area contributed by atoms with Gasteiger partial charge in [-0.05, 0) is 36.6 Å². The summed E-state index contributed by atoms with van der Waals surface area (Å²) in [7, 11) is 0. The standard InChI is InChI=1S/C19H20O3/c1-2-21-19(20)10-6-9-16-11-13-18(14-12-16)22-15-17-7-4-3-5-8-17/h3-8,10-14H,2,9,15H2,1H3/b10-6+. The molecule has 22 heavy (non-hydrogen) atoms. The smallest absolute Gasteiger partial charge is 0.330 e. The van der Waals surface area contributed by atoms with E-state index in [9.17, 15) is 4.79 Å². The molecule has 0 aliphatic rings. The zero-order valence-electron chi connectivity index (χ0n) is 12.7. The van der Waals surface area contributed by atoms with E-state index >= 15 is 0 Å². The number of allylic oxidation sites excluding steroid dienone is 1. The van der Waals surface area contributed by atoms with E-state index < -0.39 is 0 Å². The molecule has 3 heteroatoms. The Morgan fingerprint density at radius 2 is 1.73 bits per heavy atom. The minimum absolute atomic E-state index is 0.301. The number of benzene rings is 2. The van der Waals surface area contributed by atoms with Gasteiger partial charge in [-0.25, -0.2) is 4.79 Å². The molecule has 0 aromatic heterocycles. The van der Waals surface area contributed by atoms with Crippen molar-refractivity contribution in [3.8, 4) is 5.75 Å². The van der Waals surface area contributed by atoms with Crippen molar-refractivity contribution >= 4 is 5.97 Å². The quantitative estimate of drug-likeness (QED) is 0.573. The monoisotopic (exact) mass is 296 g/mol. The number of esters is 1. The SMILES string of the molecule is CCOC(=O)/C=C/Cc1ccc(OCc2ccccc2)cc1. The fourth-order valence-electron chi connectivity index (χ4n) is 1.94. The van der Waals surface area contributed by atoms with E-state index in [1.807, 2.05) is 54.6 Å². The minimum Gasteiger partial charge on any atom is -0.489 e. The van der Waals surface area contributed by atoms with Crippen molar-refractivity contribution in [3.63, 3.8) is 0 Å². The van der Waals surface area contributed by atoms with Crippen LogP contribution in [0.2, 0.25) is 0 Å². The summed E-state index contributed by atoms with van der Waals surface area (Å²) in [5, 5.41) is 0. The topological polar surface area (TPSA) is 35.5 Å². The Kier molecular flexibility index (Phi) is 6.24. The summed E-state index contributed by atoms with van der Waals surface area (Å²) in [5.41, 5.74) is 2.26. The van der Waals surface area contributed by atoms with Crippen molar-refractivity contribution in [1.29, 1.82) is 0 Å². The third-order valence-corrected chi connectivity index (χ3v) is 3.07. The molecular formula is C19H20O3. The van der Waals surface area contributed by atoms with Crippen LogP contribution < -0.4 is 4.74 Å². The summed E-state index contributed by atoms with van der Waals surface area (Å²) >= 11 is 0. The molecule has 0 spiro atoms. The minimum atomic E-state index is -0.301. The maximum atomic E-state index is 11.2. The van der Waals surface area contributed by atoms with Gasteiger partial charge in [-0.15, -0.1) is 0 Å². The first-order valence-electron chi connectivity index (χ1n) is 7.37. The fourth-order valence-corrected chi connectivity index (χ4v) is 1.94. The maximum absolute atomic E-state index is 11.2. The lowest BCUT2D eigenvalue weighted by atomic mass is 10.1. The summed E-state index contributed by atoms with van der Waals surface area (Å²) in [6.45, 7) is 2.75. The van der Waals surface area contributed by atoms with E-state index in [0.29, 0.717) is 19.6 Å². The lowest BCUT2D eigenvalue weighted by Gasteiger charge is -2.06. The molecule has 3 nitrogen and oxygen atoms in total. The third-order valence-electron chi connectivity index (χ3n) is 3.07. The molecule has 0 aliphatic heterocycles. The van der Waals surface area contributed by atoms with E-state index in [4.69, 9.17) is 9.47 Å². The zero-order chi connectivity index (χ0) is 15.6. The molecule has 114 valence electrons. The fraction of sp³-hybridized carbons (Fsp3) is 0.211. The summed E-state index contributed by atoms with van der Waals surface area (Å²) in [6.07, 6.45) is 3.96. The normalized spacial score (nSPS) is 10.6. The van der Waals surface area contributed by atoms with Crippen molar-refractivity contribution in [2.24, 2.45) is 0 Å². The van der Waals surface area contributed by atoms with E-state index in [1.54, 1.807) is 13.0 Å². The van der Waals surface area contributed by atoms with Gasteiger partial charge >= 0.3 is 5.97 Å². The molecule has 0 saturated heterocycles. The number of hydrogen-bond acceptors (Lipinski definition) is 3. The molecule has 0 saturated carbocycles. The predicted molar refractivity (Wildman–Crippen MR) is 86.7 cm³/mol. The van der Waals surface area contributed by atoms with Crippen LogP contribution in [-0.2, 0) is 22.6 Å². The van der Waals surface area contributed by atoms with Gasteiger partial charge in [0.2, 0.25) is 0 Å². The first kappa shape index (κ1) is 15.8. The molecule has 2 aromatic rings. The van der Waals surface area contributed by atoms with Crippen LogP contribution in [0.3, 0.4) is 0 Å². The van der Waals surface area contributed by atoms with E-state index in [1.165, 1.54) is 6.08 Å². The average Bonchev–Trinajstić information content (AvgIpc) is 2.55. The van der Waals surface area contributed by atoms with Crippen LogP contribution in [-0.4, -0.2) is 12.6 Å². The number of carbonyl (C=O) groups is 1. The molecule has 0 amide bonds. The summed E-state index contributed by atoms with van der Waals surface area (Å²) in [4.78, 5) is 11.2. The summed E-state index contributed by atoms with van der Waals surface area (Å²) < 4.78 is 10.6. The number of rotatable bonds is 7. The number of hydrogen-bond donors (Lipinski definition) is 0. The van der Waals surface area contributed by atoms with Gasteiger partial charge in [0.05, 0.1) is 6.61 Å². The van der Waals surface area contributed by atoms with Crippen molar-refractivity contribution in [2.45, 2.75) is 20.0 Å². The van der Waals surface area contributed by atoms with Crippen molar-refractivity contribution in [3.05, 3.63) is 77.9 Å². The van der Waals surface area contributed by atoms with Gasteiger partial charge in [-0.2, -0.15) is 0 Å². The van der Waals surface area contributed by atoms with Crippen LogP contribution in [0, 0.1) is 0 Å². The molecule has 2 aromatic carbocycles. The van der Waals surface area contributed by atoms with E-state index in [2.05, 4.69) is 0 Å². The van der Waals surface area contributed by atoms with Crippen LogP contribution in [0.5, 0.6) is 5.75 Å². The van der Waals surface area contributed by atoms with Crippen LogP contribution >= 0.6 is 0 Å². The molecule has 0 atom stereocenters. The highest BCUT2D eigenvalue weighted by atomic mass is 16.5. The van der Waals surface area contributed by atoms with Gasteiger partial charge in [0.25, 0.3) is 0 Å². The highest BCUT2D eigenvalue weighted by Gasteiger charge is 1.97. The van der Waals surface area contributed by atoms with Crippen LogP contribution in [0.15, 0.2) is 66.7 Å². The maximum Gasteiger partial charge on any atom is 0.330 e. The van der Waals surface area contributed by atoms with Gasteiger partial charge < -0.3 is 9.47 Å². The molecule has 0 N–H and O–H groups in total. The molecule has 0 fully saturated rings. The highest BCUT2D eigenvalue weighted by Crippen LogP contribution is 2.14. The Balaban J connectivity index is 1.81. The third kappa shape index (κ3) is 5.44. The summed E-state index contributed by atoms with van der Waals surface area (Å²) in [6, 6.07) is 17.9. The summed E-state index contributed by atoms with van der Waals surface area (Å²) in [5.74, 6) is 0.535. The second kappa shape index (κ2) is 8.67. The van der Waals surface area contributed by atoms with Crippen molar-refractivity contribution in [2.75, 3.05) is 6.61 Å². The van der Waals surface area contributed by atoms with Gasteiger partial charge in [0.15, 0.2) is 0 Å². The van der Waals surface area contributed by atoms with E-state index in [-0.39, 0.29) is 5.97 Å². The molecule has 0 radical (unpaired) electrons. The largest absolute Gasteiger partial charge is 0.489 e. The Labute approximate surface area is 131 Å². The molecule has 0 heterocycles. The molecular weight excluding hydrogens is 276 g/mol. The second-order valence-electron chi connectivity index (χ2n) is 4.78. The van der Waals surface area contributed by atoms with Crippen LogP contribution in [0.25, 0.3) is 0 Å². The first-order chi connectivity index (χ1) is 10.8. The molecule has 0 bridgehead atoms. The molecule has 2 rings (SSSR count). The first-order valence-corrected chi connectivity index (χ1v) is 7.37. The van der Waals surface area contributed by atoms with E-state index in [0.717, 1.165) is 16.9 Å². The Morgan fingerprint density at radius 3 is 2.41 bits per heavy atom.